The average molecular weight is 368 g/mol. The number of para-hydroxylation sites is 1. The van der Waals surface area contributed by atoms with E-state index in [0.717, 1.165) is 25.3 Å². The molecule has 1 aliphatic carbocycles. The fourth-order valence-electron chi connectivity index (χ4n) is 4.04. The van der Waals surface area contributed by atoms with E-state index >= 15 is 0 Å². The Labute approximate surface area is 146 Å². The van der Waals surface area contributed by atoms with Crippen molar-refractivity contribution in [3.05, 3.63) is 34.4 Å². The molecule has 1 aliphatic heterocycles. The van der Waals surface area contributed by atoms with E-state index in [9.17, 15) is 23.3 Å². The van der Waals surface area contributed by atoms with Crippen molar-refractivity contribution in [2.45, 2.75) is 49.1 Å². The molecule has 0 amide bonds. The topological polar surface area (TPSA) is 107 Å². The fourth-order valence-corrected chi connectivity index (χ4v) is 6.07. The van der Waals surface area contributed by atoms with Crippen LogP contribution in [0.25, 0.3) is 0 Å². The number of rotatable bonds is 4. The van der Waals surface area contributed by atoms with Crippen molar-refractivity contribution in [2.24, 2.45) is 5.92 Å². The molecule has 136 valence electrons. The van der Waals surface area contributed by atoms with Gasteiger partial charge in [-0.15, -0.1) is 0 Å². The van der Waals surface area contributed by atoms with Crippen molar-refractivity contribution < 1.29 is 22.9 Å². The first kappa shape index (κ1) is 17.8. The van der Waals surface area contributed by atoms with Gasteiger partial charge in [0, 0.05) is 12.1 Å². The van der Waals surface area contributed by atoms with E-state index < -0.39 is 32.6 Å². The minimum Gasteiger partial charge on any atom is -0.468 e. The first-order valence-corrected chi connectivity index (χ1v) is 9.66. The molecule has 3 rings (SSSR count). The molecule has 1 aromatic rings. The summed E-state index contributed by atoms with van der Waals surface area (Å²) < 4.78 is 32.5. The molecule has 0 spiro atoms. The van der Waals surface area contributed by atoms with Gasteiger partial charge in [-0.1, -0.05) is 25.0 Å². The molecule has 0 unspecified atom stereocenters. The molecule has 2 fully saturated rings. The summed E-state index contributed by atoms with van der Waals surface area (Å²) in [7, 11) is -2.98. The van der Waals surface area contributed by atoms with Crippen molar-refractivity contribution in [1.29, 1.82) is 0 Å². The Hall–Kier alpha value is -2.00. The lowest BCUT2D eigenvalue weighted by atomic mass is 9.85. The summed E-state index contributed by atoms with van der Waals surface area (Å²) in [6.45, 7) is 0. The number of nitro groups is 1. The van der Waals surface area contributed by atoms with Gasteiger partial charge in [0.15, 0.2) is 4.90 Å². The third-order valence-corrected chi connectivity index (χ3v) is 7.10. The van der Waals surface area contributed by atoms with Crippen LogP contribution < -0.4 is 0 Å². The normalized spacial score (nSPS) is 26.8. The Bertz CT molecular complexity index is 794. The van der Waals surface area contributed by atoms with Crippen LogP contribution in [-0.4, -0.2) is 42.8 Å². The van der Waals surface area contributed by atoms with Gasteiger partial charge in [-0.3, -0.25) is 14.9 Å². The van der Waals surface area contributed by atoms with Gasteiger partial charge in [0.05, 0.1) is 12.0 Å². The van der Waals surface area contributed by atoms with Crippen molar-refractivity contribution in [1.82, 2.24) is 4.31 Å². The van der Waals surface area contributed by atoms with E-state index in [1.54, 1.807) is 0 Å². The van der Waals surface area contributed by atoms with E-state index in [0.29, 0.717) is 12.8 Å². The lowest BCUT2D eigenvalue weighted by Crippen LogP contribution is -2.46. The van der Waals surface area contributed by atoms with Crippen molar-refractivity contribution in [3.8, 4) is 0 Å². The Morgan fingerprint density at radius 2 is 1.96 bits per heavy atom. The average Bonchev–Trinajstić information content (AvgIpc) is 3.01. The highest BCUT2D eigenvalue weighted by molar-refractivity contribution is 7.89. The van der Waals surface area contributed by atoms with Gasteiger partial charge < -0.3 is 4.74 Å². The number of fused-ring (bicyclic) bond motifs is 1. The van der Waals surface area contributed by atoms with Crippen LogP contribution in [0.2, 0.25) is 0 Å². The van der Waals surface area contributed by atoms with Crippen LogP contribution in [0.5, 0.6) is 0 Å². The van der Waals surface area contributed by atoms with Crippen LogP contribution in [0.1, 0.15) is 32.1 Å². The molecule has 3 atom stereocenters. The Morgan fingerprint density at radius 1 is 1.28 bits per heavy atom. The quantitative estimate of drug-likeness (QED) is 0.457. The maximum Gasteiger partial charge on any atom is 0.324 e. The van der Waals surface area contributed by atoms with Crippen molar-refractivity contribution in [2.75, 3.05) is 7.11 Å². The van der Waals surface area contributed by atoms with Gasteiger partial charge in [0.1, 0.15) is 6.04 Å². The van der Waals surface area contributed by atoms with Crippen LogP contribution in [0.3, 0.4) is 0 Å². The van der Waals surface area contributed by atoms with E-state index in [1.807, 2.05) is 0 Å². The summed E-state index contributed by atoms with van der Waals surface area (Å²) in [4.78, 5) is 22.4. The molecule has 0 N–H and O–H groups in total. The molecule has 9 heteroatoms. The molecule has 0 radical (unpaired) electrons. The van der Waals surface area contributed by atoms with E-state index in [4.69, 9.17) is 4.74 Å². The number of methoxy groups -OCH3 is 1. The molecule has 8 nitrogen and oxygen atoms in total. The molecule has 1 heterocycles. The standard InChI is InChI=1S/C16H20N2O6S/c1-24-16(19)14-10-11-6-2-3-7-12(11)17(14)25(22,23)15-9-5-4-8-13(15)18(20)21/h4-5,8-9,11-12,14H,2-3,6-7,10H2,1H3/t11-,12+,14+/m1/s1. The van der Waals surface area contributed by atoms with E-state index in [1.165, 1.54) is 29.6 Å². The van der Waals surface area contributed by atoms with Gasteiger partial charge in [-0.25, -0.2) is 8.42 Å². The molecule has 25 heavy (non-hydrogen) atoms. The number of hydrogen-bond donors (Lipinski definition) is 0. The number of sulfonamides is 1. The summed E-state index contributed by atoms with van der Waals surface area (Å²) in [5.74, 6) is -0.535. The summed E-state index contributed by atoms with van der Waals surface area (Å²) in [6.07, 6.45) is 3.77. The first-order valence-electron chi connectivity index (χ1n) is 8.22. The van der Waals surface area contributed by atoms with Gasteiger partial charge >= 0.3 is 5.97 Å². The minimum atomic E-state index is -4.20. The van der Waals surface area contributed by atoms with Crippen LogP contribution in [0.15, 0.2) is 29.2 Å². The molecular weight excluding hydrogens is 348 g/mol. The number of nitrogens with zero attached hydrogens (tertiary/aromatic N) is 2. The molecular formula is C16H20N2O6S. The SMILES string of the molecule is COC(=O)[C@@H]1C[C@H]2CCCC[C@@H]2N1S(=O)(=O)c1ccccc1[N+](=O)[O-]. The monoisotopic (exact) mass is 368 g/mol. The predicted molar refractivity (Wildman–Crippen MR) is 88.3 cm³/mol. The molecule has 2 aliphatic rings. The lowest BCUT2D eigenvalue weighted by Gasteiger charge is -2.32. The second kappa shape index (κ2) is 6.72. The number of carbonyl (C=O) groups is 1. The summed E-state index contributed by atoms with van der Waals surface area (Å²) in [5, 5.41) is 11.3. The first-order chi connectivity index (χ1) is 11.9. The molecule has 1 aromatic carbocycles. The molecule has 0 bridgehead atoms. The number of carbonyl (C=O) groups excluding carboxylic acids is 1. The van der Waals surface area contributed by atoms with E-state index in [2.05, 4.69) is 0 Å². The lowest BCUT2D eigenvalue weighted by molar-refractivity contribution is -0.387. The van der Waals surface area contributed by atoms with Gasteiger partial charge in [-0.05, 0) is 31.2 Å². The molecule has 1 saturated carbocycles. The number of esters is 1. The van der Waals surface area contributed by atoms with Crippen LogP contribution in [0, 0.1) is 16.0 Å². The Balaban J connectivity index is 2.10. The van der Waals surface area contributed by atoms with Gasteiger partial charge in [0.25, 0.3) is 15.7 Å². The van der Waals surface area contributed by atoms with Crippen LogP contribution in [0.4, 0.5) is 5.69 Å². The largest absolute Gasteiger partial charge is 0.468 e. The van der Waals surface area contributed by atoms with Crippen LogP contribution >= 0.6 is 0 Å². The zero-order valence-electron chi connectivity index (χ0n) is 13.8. The van der Waals surface area contributed by atoms with Crippen LogP contribution in [-0.2, 0) is 19.6 Å². The van der Waals surface area contributed by atoms with Gasteiger partial charge in [-0.2, -0.15) is 4.31 Å². The predicted octanol–water partition coefficient (Wildman–Crippen LogP) is 2.09. The number of ether oxygens (including phenoxy) is 1. The summed E-state index contributed by atoms with van der Waals surface area (Å²) in [5.41, 5.74) is -0.481. The Kier molecular flexibility index (Phi) is 4.79. The second-order valence-corrected chi connectivity index (χ2v) is 8.26. The zero-order chi connectivity index (χ0) is 18.2. The highest BCUT2D eigenvalue weighted by Gasteiger charge is 2.52. The maximum absolute atomic E-state index is 13.3. The number of benzene rings is 1. The van der Waals surface area contributed by atoms with Crippen molar-refractivity contribution in [3.63, 3.8) is 0 Å². The third kappa shape index (κ3) is 3.02. The van der Waals surface area contributed by atoms with E-state index in [-0.39, 0.29) is 16.9 Å². The smallest absolute Gasteiger partial charge is 0.324 e. The third-order valence-electron chi connectivity index (χ3n) is 5.12. The summed E-state index contributed by atoms with van der Waals surface area (Å²) >= 11 is 0. The molecule has 0 aromatic heterocycles. The summed E-state index contributed by atoms with van der Waals surface area (Å²) in [6, 6.07) is 4.00. The highest BCUT2D eigenvalue weighted by Crippen LogP contribution is 2.44. The zero-order valence-corrected chi connectivity index (χ0v) is 14.6. The Morgan fingerprint density at radius 3 is 2.64 bits per heavy atom. The highest BCUT2D eigenvalue weighted by atomic mass is 32.2. The number of hydrogen-bond acceptors (Lipinski definition) is 6. The number of nitro benzene ring substituents is 1. The fraction of sp³-hybridized carbons (Fsp3) is 0.562. The maximum atomic E-state index is 13.3. The minimum absolute atomic E-state index is 0.0791. The second-order valence-electron chi connectivity index (χ2n) is 6.45. The molecule has 1 saturated heterocycles. The van der Waals surface area contributed by atoms with Crippen molar-refractivity contribution >= 4 is 21.7 Å². The van der Waals surface area contributed by atoms with Gasteiger partial charge in [0.2, 0.25) is 0 Å².